The topological polar surface area (TPSA) is 12.0 Å². The summed E-state index contributed by atoms with van der Waals surface area (Å²) in [5.74, 6) is -1.74. The van der Waals surface area contributed by atoms with Gasteiger partial charge in [-0.2, -0.15) is 0 Å². The molecule has 1 heterocycles. The van der Waals surface area contributed by atoms with Crippen LogP contribution in [0.5, 0.6) is 0 Å². The van der Waals surface area contributed by atoms with Crippen LogP contribution in [0.3, 0.4) is 0 Å². The number of halogens is 3. The van der Waals surface area contributed by atoms with Gasteiger partial charge in [0, 0.05) is 11.1 Å². The van der Waals surface area contributed by atoms with Crippen LogP contribution in [0.4, 0.5) is 8.78 Å². The number of hydrogen-bond acceptors (Lipinski definition) is 1. The van der Waals surface area contributed by atoms with E-state index in [2.05, 4.69) is 5.32 Å². The molecule has 0 spiro atoms. The molecule has 0 amide bonds. The van der Waals surface area contributed by atoms with Crippen LogP contribution in [-0.4, -0.2) is 6.54 Å². The first kappa shape index (κ1) is 8.91. The van der Waals surface area contributed by atoms with Gasteiger partial charge < -0.3 is 5.32 Å². The van der Waals surface area contributed by atoms with E-state index in [1.54, 1.807) is 0 Å². The summed E-state index contributed by atoms with van der Waals surface area (Å²) < 4.78 is 25.5. The van der Waals surface area contributed by atoms with E-state index < -0.39 is 11.6 Å². The van der Waals surface area contributed by atoms with Crippen molar-refractivity contribution in [1.82, 2.24) is 5.32 Å². The molecule has 1 aliphatic heterocycles. The Hall–Kier alpha value is -0.670. The zero-order chi connectivity index (χ0) is 9.42. The fourth-order valence-electron chi connectivity index (χ4n) is 1.36. The van der Waals surface area contributed by atoms with E-state index in [-0.39, 0.29) is 11.1 Å². The summed E-state index contributed by atoms with van der Waals surface area (Å²) in [7, 11) is 0. The van der Waals surface area contributed by atoms with E-state index in [0.29, 0.717) is 5.56 Å². The molecule has 0 saturated carbocycles. The minimum Gasteiger partial charge on any atom is -0.310 e. The second kappa shape index (κ2) is 3.24. The molecular weight excluding hydrogens is 196 g/mol. The van der Waals surface area contributed by atoms with E-state index >= 15 is 0 Å². The van der Waals surface area contributed by atoms with Crippen LogP contribution in [-0.2, 0) is 0 Å². The van der Waals surface area contributed by atoms with Crippen molar-refractivity contribution < 1.29 is 8.78 Å². The van der Waals surface area contributed by atoms with Crippen molar-refractivity contribution >= 4 is 11.6 Å². The summed E-state index contributed by atoms with van der Waals surface area (Å²) >= 11 is 5.76. The molecule has 1 N–H and O–H groups in total. The molecular formula is C9H8ClF2N. The summed E-state index contributed by atoms with van der Waals surface area (Å²) in [5, 5.41) is 3.36. The molecule has 1 nitrogen and oxygen atoms in total. The van der Waals surface area contributed by atoms with Crippen LogP contribution in [0.15, 0.2) is 12.1 Å². The second-order valence-electron chi connectivity index (χ2n) is 3.08. The smallest absolute Gasteiger partial charge is 0.160 e. The highest BCUT2D eigenvalue weighted by Gasteiger charge is 2.22. The fraction of sp³-hybridized carbons (Fsp3) is 0.333. The summed E-state index contributed by atoms with van der Waals surface area (Å²) in [5.41, 5.74) is 0.645. The van der Waals surface area contributed by atoms with Crippen molar-refractivity contribution in [3.63, 3.8) is 0 Å². The number of benzene rings is 1. The highest BCUT2D eigenvalue weighted by Crippen LogP contribution is 2.30. The van der Waals surface area contributed by atoms with Crippen LogP contribution in [0, 0.1) is 11.6 Å². The lowest BCUT2D eigenvalue weighted by Crippen LogP contribution is -2.35. The Morgan fingerprint density at radius 3 is 2.46 bits per heavy atom. The van der Waals surface area contributed by atoms with E-state index in [0.717, 1.165) is 25.1 Å². The van der Waals surface area contributed by atoms with Gasteiger partial charge in [0.15, 0.2) is 11.6 Å². The van der Waals surface area contributed by atoms with Gasteiger partial charge in [-0.05, 0) is 30.7 Å². The van der Waals surface area contributed by atoms with Gasteiger partial charge in [-0.15, -0.1) is 0 Å². The average molecular weight is 204 g/mol. The van der Waals surface area contributed by atoms with Gasteiger partial charge in [0.1, 0.15) is 0 Å². The standard InChI is InChI=1S/C9H8ClF2N/c10-6-4-8(12)7(11)3-5(6)9-1-2-13-9/h3-4,9,13H,1-2H2/t9-/m0/s1. The SMILES string of the molecule is Fc1cc(Cl)c([C@@H]2CCN2)cc1F. The molecule has 0 aromatic heterocycles. The maximum Gasteiger partial charge on any atom is 0.160 e. The predicted molar refractivity (Wildman–Crippen MR) is 46.7 cm³/mol. The quantitative estimate of drug-likeness (QED) is 0.692. The third-order valence-electron chi connectivity index (χ3n) is 2.24. The fourth-order valence-corrected chi connectivity index (χ4v) is 1.64. The minimum absolute atomic E-state index is 0.0857. The lowest BCUT2D eigenvalue weighted by atomic mass is 9.98. The lowest BCUT2D eigenvalue weighted by molar-refractivity contribution is 0.380. The molecule has 70 valence electrons. The Morgan fingerprint density at radius 1 is 1.31 bits per heavy atom. The predicted octanol–water partition coefficient (Wildman–Crippen LogP) is 2.65. The first-order valence-electron chi connectivity index (χ1n) is 4.06. The normalized spacial score (nSPS) is 21.3. The monoisotopic (exact) mass is 203 g/mol. The molecule has 0 bridgehead atoms. The van der Waals surface area contributed by atoms with Crippen LogP contribution < -0.4 is 5.32 Å². The molecule has 1 aliphatic rings. The van der Waals surface area contributed by atoms with Gasteiger partial charge in [-0.1, -0.05) is 11.6 Å². The number of hydrogen-bond donors (Lipinski definition) is 1. The van der Waals surface area contributed by atoms with Gasteiger partial charge in [-0.3, -0.25) is 0 Å². The van der Waals surface area contributed by atoms with Crippen LogP contribution in [0.1, 0.15) is 18.0 Å². The molecule has 13 heavy (non-hydrogen) atoms. The molecule has 1 aromatic rings. The summed E-state index contributed by atoms with van der Waals surface area (Å²) in [4.78, 5) is 0. The van der Waals surface area contributed by atoms with Crippen molar-refractivity contribution in [2.75, 3.05) is 6.54 Å². The van der Waals surface area contributed by atoms with Crippen molar-refractivity contribution in [3.05, 3.63) is 34.4 Å². The van der Waals surface area contributed by atoms with E-state index in [9.17, 15) is 8.78 Å². The molecule has 1 aromatic carbocycles. The van der Waals surface area contributed by atoms with Crippen LogP contribution in [0.2, 0.25) is 5.02 Å². The molecule has 2 rings (SSSR count). The minimum atomic E-state index is -0.895. The van der Waals surface area contributed by atoms with E-state index in [4.69, 9.17) is 11.6 Å². The van der Waals surface area contributed by atoms with E-state index in [1.165, 1.54) is 0 Å². The molecule has 0 radical (unpaired) electrons. The zero-order valence-corrected chi connectivity index (χ0v) is 7.54. The maximum atomic E-state index is 12.8. The Labute approximate surface area is 79.7 Å². The van der Waals surface area contributed by atoms with Crippen molar-refractivity contribution in [2.45, 2.75) is 12.5 Å². The Kier molecular flexibility index (Phi) is 2.22. The summed E-state index contributed by atoms with van der Waals surface area (Å²) in [6.45, 7) is 0.903. The Balaban J connectivity index is 2.39. The molecule has 0 unspecified atom stereocenters. The second-order valence-corrected chi connectivity index (χ2v) is 3.49. The van der Waals surface area contributed by atoms with Crippen molar-refractivity contribution in [3.8, 4) is 0 Å². The molecule has 0 aliphatic carbocycles. The molecule has 1 fully saturated rings. The number of rotatable bonds is 1. The van der Waals surface area contributed by atoms with Gasteiger partial charge >= 0.3 is 0 Å². The highest BCUT2D eigenvalue weighted by atomic mass is 35.5. The van der Waals surface area contributed by atoms with Gasteiger partial charge in [0.25, 0.3) is 0 Å². The Bertz CT molecular complexity index is 337. The maximum absolute atomic E-state index is 12.8. The molecule has 1 saturated heterocycles. The molecule has 4 heteroatoms. The van der Waals surface area contributed by atoms with Crippen LogP contribution >= 0.6 is 11.6 Å². The van der Waals surface area contributed by atoms with Gasteiger partial charge in [0.05, 0.1) is 0 Å². The third kappa shape index (κ3) is 1.54. The van der Waals surface area contributed by atoms with Gasteiger partial charge in [0.2, 0.25) is 0 Å². The lowest BCUT2D eigenvalue weighted by Gasteiger charge is -2.28. The number of nitrogens with one attached hydrogen (secondary N) is 1. The van der Waals surface area contributed by atoms with Gasteiger partial charge in [-0.25, -0.2) is 8.78 Å². The highest BCUT2D eigenvalue weighted by molar-refractivity contribution is 6.31. The third-order valence-corrected chi connectivity index (χ3v) is 2.57. The van der Waals surface area contributed by atoms with Crippen LogP contribution in [0.25, 0.3) is 0 Å². The summed E-state index contributed by atoms with van der Waals surface area (Å²) in [6, 6.07) is 2.27. The first-order valence-corrected chi connectivity index (χ1v) is 4.44. The Morgan fingerprint density at radius 2 is 1.92 bits per heavy atom. The first-order chi connectivity index (χ1) is 6.18. The zero-order valence-electron chi connectivity index (χ0n) is 6.78. The van der Waals surface area contributed by atoms with E-state index in [1.807, 2.05) is 0 Å². The van der Waals surface area contributed by atoms with Crippen molar-refractivity contribution in [1.29, 1.82) is 0 Å². The largest absolute Gasteiger partial charge is 0.310 e. The van der Waals surface area contributed by atoms with Crippen molar-refractivity contribution in [2.24, 2.45) is 0 Å². The summed E-state index contributed by atoms with van der Waals surface area (Å²) in [6.07, 6.45) is 0.921. The average Bonchev–Trinajstić information content (AvgIpc) is 1.96. The molecule has 1 atom stereocenters.